The van der Waals surface area contributed by atoms with Crippen molar-refractivity contribution in [2.45, 2.75) is 26.2 Å². The number of aromatic hydroxyl groups is 1. The molecule has 8 heteroatoms. The van der Waals surface area contributed by atoms with E-state index in [0.29, 0.717) is 24.6 Å². The molecule has 23 heavy (non-hydrogen) atoms. The molecule has 3 N–H and O–H groups in total. The monoisotopic (exact) mass is 316 g/mol. The summed E-state index contributed by atoms with van der Waals surface area (Å²) in [5.41, 5.74) is 3.43. The number of nitrogens with zero attached hydrogens (tertiary/aromatic N) is 4. The van der Waals surface area contributed by atoms with Crippen molar-refractivity contribution in [1.29, 1.82) is 0 Å². The van der Waals surface area contributed by atoms with Gasteiger partial charge in [-0.3, -0.25) is 4.90 Å². The van der Waals surface area contributed by atoms with E-state index in [-0.39, 0.29) is 24.1 Å². The first-order valence-corrected chi connectivity index (χ1v) is 7.64. The molecule has 1 aromatic carbocycles. The van der Waals surface area contributed by atoms with E-state index in [2.05, 4.69) is 20.8 Å². The number of carbonyl (C=O) groups excluding carboxylic acids is 1. The van der Waals surface area contributed by atoms with E-state index in [1.807, 2.05) is 19.9 Å². The third kappa shape index (κ3) is 2.67. The van der Waals surface area contributed by atoms with E-state index < -0.39 is 0 Å². The number of benzene rings is 1. The Balaban J connectivity index is 1.68. The molecule has 3 rings (SSSR count). The van der Waals surface area contributed by atoms with Crippen molar-refractivity contribution in [1.82, 2.24) is 20.5 Å². The van der Waals surface area contributed by atoms with Crippen LogP contribution in [0.25, 0.3) is 0 Å². The summed E-state index contributed by atoms with van der Waals surface area (Å²) in [5.74, 6) is 0.673. The Hall–Kier alpha value is -2.77. The van der Waals surface area contributed by atoms with Gasteiger partial charge in [-0.15, -0.1) is 0 Å². The molecule has 2 atom stereocenters. The lowest BCUT2D eigenvalue weighted by Gasteiger charge is -2.20. The summed E-state index contributed by atoms with van der Waals surface area (Å²) in [7, 11) is 0. The number of para-hydroxylation sites is 1. The zero-order valence-electron chi connectivity index (χ0n) is 13.1. The largest absolute Gasteiger partial charge is 0.507 e. The van der Waals surface area contributed by atoms with Gasteiger partial charge in [-0.05, 0) is 26.0 Å². The molecule has 1 saturated heterocycles. The summed E-state index contributed by atoms with van der Waals surface area (Å²) in [6.07, 6.45) is 1.11. The Morgan fingerprint density at radius 2 is 2.09 bits per heavy atom. The van der Waals surface area contributed by atoms with Crippen LogP contribution >= 0.6 is 0 Å². The maximum Gasteiger partial charge on any atom is 0.323 e. The number of hydrogen-bond acceptors (Lipinski definition) is 6. The molecule has 0 aromatic heterocycles. The minimum atomic E-state index is -0.240. The molecule has 2 amide bonds. The van der Waals surface area contributed by atoms with E-state index in [4.69, 9.17) is 0 Å². The van der Waals surface area contributed by atoms with Gasteiger partial charge in [-0.25, -0.2) is 15.2 Å². The predicted molar refractivity (Wildman–Crippen MR) is 87.1 cm³/mol. The summed E-state index contributed by atoms with van der Waals surface area (Å²) in [4.78, 5) is 20.1. The number of likely N-dealkylation sites (N-methyl/N-ethyl adjacent to an activating group) is 2. The van der Waals surface area contributed by atoms with Crippen LogP contribution in [0.1, 0.15) is 19.4 Å². The molecule has 8 nitrogen and oxygen atoms in total. The van der Waals surface area contributed by atoms with Crippen LogP contribution in [0.2, 0.25) is 0 Å². The molecule has 1 aromatic rings. The van der Waals surface area contributed by atoms with Crippen LogP contribution in [0, 0.1) is 0 Å². The maximum absolute atomic E-state index is 12.2. The lowest BCUT2D eigenvalue weighted by molar-refractivity contribution is 0.187. The van der Waals surface area contributed by atoms with Crippen molar-refractivity contribution in [2.75, 3.05) is 13.1 Å². The van der Waals surface area contributed by atoms with E-state index in [0.717, 1.165) is 0 Å². The van der Waals surface area contributed by atoms with E-state index in [9.17, 15) is 9.90 Å². The van der Waals surface area contributed by atoms with Gasteiger partial charge in [0.25, 0.3) is 0 Å². The number of hydrogen-bond donors (Lipinski definition) is 3. The van der Waals surface area contributed by atoms with Gasteiger partial charge >= 0.3 is 6.03 Å². The van der Waals surface area contributed by atoms with Crippen molar-refractivity contribution in [3.63, 3.8) is 0 Å². The number of fused-ring (bicyclic) bond motifs is 1. The van der Waals surface area contributed by atoms with Gasteiger partial charge in [0.1, 0.15) is 11.9 Å². The van der Waals surface area contributed by atoms with Gasteiger partial charge in [-0.2, -0.15) is 5.10 Å². The average molecular weight is 316 g/mol. The highest BCUT2D eigenvalue weighted by molar-refractivity contribution is 5.88. The first-order chi connectivity index (χ1) is 11.2. The highest BCUT2D eigenvalue weighted by Gasteiger charge is 2.48. The van der Waals surface area contributed by atoms with Crippen molar-refractivity contribution in [3.8, 4) is 5.75 Å². The molecular weight excluding hydrogens is 296 g/mol. The normalized spacial score (nSPS) is 23.2. The number of guanidine groups is 1. The van der Waals surface area contributed by atoms with Crippen LogP contribution < -0.4 is 10.7 Å². The Labute approximate surface area is 134 Å². The second kappa shape index (κ2) is 6.15. The number of phenols is 1. The first-order valence-electron chi connectivity index (χ1n) is 7.64. The van der Waals surface area contributed by atoms with Crippen molar-refractivity contribution in [2.24, 2.45) is 10.1 Å². The van der Waals surface area contributed by atoms with Crippen LogP contribution in [-0.4, -0.2) is 58.5 Å². The number of rotatable bonds is 4. The van der Waals surface area contributed by atoms with Crippen molar-refractivity contribution < 1.29 is 9.90 Å². The number of amides is 2. The Morgan fingerprint density at radius 1 is 1.35 bits per heavy atom. The fourth-order valence-corrected chi connectivity index (χ4v) is 2.81. The molecule has 2 heterocycles. The van der Waals surface area contributed by atoms with E-state index in [1.54, 1.807) is 28.0 Å². The Kier molecular flexibility index (Phi) is 4.05. The zero-order chi connectivity index (χ0) is 16.4. The molecular formula is C15H20N6O2. The summed E-state index contributed by atoms with van der Waals surface area (Å²) in [6.45, 7) is 5.10. The minimum Gasteiger partial charge on any atom is -0.507 e. The third-order valence-electron chi connectivity index (χ3n) is 3.97. The van der Waals surface area contributed by atoms with Crippen molar-refractivity contribution >= 4 is 18.2 Å². The van der Waals surface area contributed by atoms with Gasteiger partial charge in [-0.1, -0.05) is 12.1 Å². The van der Waals surface area contributed by atoms with Crippen LogP contribution in [0.3, 0.4) is 0 Å². The summed E-state index contributed by atoms with van der Waals surface area (Å²) >= 11 is 0. The maximum atomic E-state index is 12.2. The van der Waals surface area contributed by atoms with Gasteiger partial charge in [0, 0.05) is 18.7 Å². The molecule has 122 valence electrons. The Bertz CT molecular complexity index is 659. The quantitative estimate of drug-likeness (QED) is 0.563. The smallest absolute Gasteiger partial charge is 0.323 e. The summed E-state index contributed by atoms with van der Waals surface area (Å²) in [5, 5.41) is 16.9. The highest BCUT2D eigenvalue weighted by Crippen LogP contribution is 2.25. The molecule has 0 aliphatic carbocycles. The average Bonchev–Trinajstić information content (AvgIpc) is 3.04. The van der Waals surface area contributed by atoms with Gasteiger partial charge < -0.3 is 15.3 Å². The fourth-order valence-electron chi connectivity index (χ4n) is 2.81. The molecule has 0 bridgehead atoms. The number of hydrazone groups is 1. The molecule has 2 aliphatic rings. The lowest BCUT2D eigenvalue weighted by atomic mass is 10.2. The van der Waals surface area contributed by atoms with E-state index in [1.165, 1.54) is 6.21 Å². The molecule has 0 spiro atoms. The third-order valence-corrected chi connectivity index (χ3v) is 3.97. The number of carbonyl (C=O) groups is 1. The number of phenolic OH excluding ortho intramolecular Hbond substituents is 1. The Morgan fingerprint density at radius 3 is 2.78 bits per heavy atom. The molecule has 2 aliphatic heterocycles. The SMILES string of the molecule is CCN1C(=O)N(CC)C2NC(NN=Cc3ccccc3O)=NC21. The molecule has 1 fully saturated rings. The first kappa shape index (κ1) is 15.1. The van der Waals surface area contributed by atoms with Gasteiger partial charge in [0.05, 0.1) is 6.21 Å². The van der Waals surface area contributed by atoms with Gasteiger partial charge in [0.2, 0.25) is 5.96 Å². The topological polar surface area (TPSA) is 92.6 Å². The number of nitrogens with one attached hydrogen (secondary N) is 2. The van der Waals surface area contributed by atoms with Gasteiger partial charge in [0.15, 0.2) is 6.17 Å². The van der Waals surface area contributed by atoms with Crippen molar-refractivity contribution in [3.05, 3.63) is 29.8 Å². The summed E-state index contributed by atoms with van der Waals surface area (Å²) < 4.78 is 0. The van der Waals surface area contributed by atoms with Crippen LogP contribution in [-0.2, 0) is 0 Å². The second-order valence-corrected chi connectivity index (χ2v) is 5.26. The number of aliphatic imine (C=N–C) groups is 1. The van der Waals surface area contributed by atoms with Crippen LogP contribution in [0.15, 0.2) is 34.4 Å². The van der Waals surface area contributed by atoms with Crippen LogP contribution in [0.4, 0.5) is 4.79 Å². The summed E-state index contributed by atoms with van der Waals surface area (Å²) in [6, 6.07) is 6.93. The molecule has 0 saturated carbocycles. The highest BCUT2D eigenvalue weighted by atomic mass is 16.3. The fraction of sp³-hybridized carbons (Fsp3) is 0.400. The van der Waals surface area contributed by atoms with E-state index >= 15 is 0 Å². The predicted octanol–water partition coefficient (Wildman–Crippen LogP) is 0.705. The number of urea groups is 1. The zero-order valence-corrected chi connectivity index (χ0v) is 13.1. The second-order valence-electron chi connectivity index (χ2n) is 5.26. The van der Waals surface area contributed by atoms with Crippen LogP contribution in [0.5, 0.6) is 5.75 Å². The molecule has 2 unspecified atom stereocenters. The standard InChI is InChI=1S/C15H20N6O2/c1-3-20-12-13(21(4-2)15(20)23)18-14(17-12)19-16-9-10-7-5-6-8-11(10)22/h5-9,12-13,22H,3-4H2,1-2H3,(H2,17,18,19). The minimum absolute atomic E-state index is 0.00184. The lowest BCUT2D eigenvalue weighted by Crippen LogP contribution is -2.47. The molecule has 0 radical (unpaired) electrons.